The van der Waals surface area contributed by atoms with Crippen LogP contribution < -0.4 is 4.74 Å². The normalized spacial score (nSPS) is 8.33. The fraction of sp³-hybridized carbons (Fsp3) is 0.143. The minimum absolute atomic E-state index is 0.158. The van der Waals surface area contributed by atoms with Crippen molar-refractivity contribution in [2.45, 2.75) is 0 Å². The van der Waals surface area contributed by atoms with Crippen molar-refractivity contribution >= 4 is 44.2 Å². The molecule has 0 unspecified atom stereocenters. The number of rotatable bonds is 1. The summed E-state index contributed by atoms with van der Waals surface area (Å²) in [6.07, 6.45) is 0. The Kier molecular flexibility index (Phi) is 6.89. The van der Waals surface area contributed by atoms with Gasteiger partial charge in [-0.1, -0.05) is 15.9 Å². The lowest BCUT2D eigenvalue weighted by atomic mass is 10.3. The molecule has 0 amide bonds. The van der Waals surface area contributed by atoms with Crippen molar-refractivity contribution in [2.75, 3.05) is 7.11 Å². The van der Waals surface area contributed by atoms with Crippen LogP contribution in [-0.4, -0.2) is 12.2 Å². The number of benzene rings is 1. The third-order valence-corrected chi connectivity index (χ3v) is 1.64. The molecule has 0 aliphatic heterocycles. The molecule has 1 rings (SSSR count). The first-order chi connectivity index (χ1) is 5.74. The van der Waals surface area contributed by atoms with Gasteiger partial charge in [0.25, 0.3) is 0 Å². The number of hydrogen-bond acceptors (Lipinski definition) is 2. The van der Waals surface area contributed by atoms with Gasteiger partial charge in [0, 0.05) is 32.7 Å². The zero-order chi connectivity index (χ0) is 9.56. The van der Waals surface area contributed by atoms with Crippen LogP contribution in [0.1, 0.15) is 0 Å². The van der Waals surface area contributed by atoms with Crippen LogP contribution in [0.4, 0.5) is 0 Å². The number of methoxy groups -OCH3 is 1. The van der Waals surface area contributed by atoms with Gasteiger partial charge in [-0.15, -0.1) is 0 Å². The van der Waals surface area contributed by atoms with E-state index in [4.69, 9.17) is 9.84 Å². The van der Waals surface area contributed by atoms with Crippen LogP contribution >= 0.6 is 44.2 Å². The van der Waals surface area contributed by atoms with Crippen LogP contribution in [0.3, 0.4) is 0 Å². The Hall–Kier alpha value is 0.260. The van der Waals surface area contributed by atoms with Gasteiger partial charge in [0.05, 0.1) is 7.11 Å². The van der Waals surface area contributed by atoms with Gasteiger partial charge in [0.1, 0.15) is 0 Å². The molecule has 12 heavy (non-hydrogen) atoms. The van der Waals surface area contributed by atoms with Gasteiger partial charge in [0.15, 0.2) is 11.5 Å². The van der Waals surface area contributed by atoms with Gasteiger partial charge >= 0.3 is 0 Å². The Morgan fingerprint density at radius 1 is 1.33 bits per heavy atom. The van der Waals surface area contributed by atoms with Gasteiger partial charge in [-0.05, 0) is 18.2 Å². The first-order valence-corrected chi connectivity index (χ1v) is 7.41. The molecule has 0 heterocycles. The van der Waals surface area contributed by atoms with E-state index in [-0.39, 0.29) is 5.75 Å². The summed E-state index contributed by atoms with van der Waals surface area (Å²) in [6.45, 7) is 0. The zero-order valence-corrected chi connectivity index (χ0v) is 11.0. The van der Waals surface area contributed by atoms with Crippen LogP contribution in [-0.2, 0) is 0 Å². The topological polar surface area (TPSA) is 29.5 Å². The molecule has 0 saturated carbocycles. The Balaban J connectivity index is 0.000000561. The van der Waals surface area contributed by atoms with E-state index in [0.717, 1.165) is 4.47 Å². The van der Waals surface area contributed by atoms with E-state index >= 15 is 0 Å². The maximum atomic E-state index is 9.09. The Labute approximate surface area is 94.9 Å². The highest BCUT2D eigenvalue weighted by atomic mass is 80.9. The van der Waals surface area contributed by atoms with Crippen LogP contribution in [0.5, 0.6) is 11.5 Å². The van der Waals surface area contributed by atoms with Gasteiger partial charge in [0.2, 0.25) is 0 Å². The standard InChI is InChI=1S/C7H7BrO2.Br2/c1-10-7-4-5(8)2-3-6(7)9;1-2/h2-4,9H,1H3;. The molecule has 0 aliphatic rings. The molecule has 1 N–H and O–H groups in total. The molecule has 0 saturated heterocycles. The lowest BCUT2D eigenvalue weighted by Gasteiger charge is -2.01. The Bertz CT molecular complexity index is 240. The molecule has 1 aromatic rings. The molecule has 2 nitrogen and oxygen atoms in total. The largest absolute Gasteiger partial charge is 0.504 e. The summed E-state index contributed by atoms with van der Waals surface area (Å²) < 4.78 is 5.74. The van der Waals surface area contributed by atoms with E-state index < -0.39 is 0 Å². The quantitative estimate of drug-likeness (QED) is 0.822. The van der Waals surface area contributed by atoms with Crippen LogP contribution in [0, 0.1) is 0 Å². The summed E-state index contributed by atoms with van der Waals surface area (Å²) in [6, 6.07) is 5.02. The van der Waals surface area contributed by atoms with Crippen LogP contribution in [0.25, 0.3) is 0 Å². The SMILES string of the molecule is BrBr.COc1cc(Br)ccc1O. The second-order valence-corrected chi connectivity index (χ2v) is 2.73. The molecular weight excluding hydrogens is 356 g/mol. The zero-order valence-electron chi connectivity index (χ0n) is 6.22. The van der Waals surface area contributed by atoms with E-state index in [9.17, 15) is 0 Å². The average Bonchev–Trinajstić information content (AvgIpc) is 2.13. The number of halogens is 3. The van der Waals surface area contributed by atoms with E-state index in [1.165, 1.54) is 7.11 Å². The van der Waals surface area contributed by atoms with Crippen LogP contribution in [0.2, 0.25) is 0 Å². The molecule has 68 valence electrons. The number of aromatic hydroxyl groups is 1. The fourth-order valence-corrected chi connectivity index (χ4v) is 0.992. The molecule has 0 bridgehead atoms. The van der Waals surface area contributed by atoms with Crippen molar-refractivity contribution in [3.63, 3.8) is 0 Å². The fourth-order valence-electron chi connectivity index (χ4n) is 0.651. The Morgan fingerprint density at radius 2 is 1.92 bits per heavy atom. The highest BCUT2D eigenvalue weighted by molar-refractivity contribution is 9.93. The highest BCUT2D eigenvalue weighted by Crippen LogP contribution is 2.28. The summed E-state index contributed by atoms with van der Waals surface area (Å²) in [4.78, 5) is 0. The summed E-state index contributed by atoms with van der Waals surface area (Å²) in [5, 5.41) is 9.09. The van der Waals surface area contributed by atoms with E-state index in [1.54, 1.807) is 18.2 Å². The molecule has 0 spiro atoms. The first-order valence-electron chi connectivity index (χ1n) is 2.91. The van der Waals surface area contributed by atoms with E-state index in [0.29, 0.717) is 5.75 Å². The predicted molar refractivity (Wildman–Crippen MR) is 60.2 cm³/mol. The summed E-state index contributed by atoms with van der Waals surface area (Å²) >= 11 is 8.75. The number of phenolic OH excluding ortho intramolecular Hbond substituents is 1. The maximum Gasteiger partial charge on any atom is 0.161 e. The molecular formula is C7H7Br3O2. The first kappa shape index (κ1) is 12.3. The van der Waals surface area contributed by atoms with Gasteiger partial charge in [-0.25, -0.2) is 0 Å². The van der Waals surface area contributed by atoms with Gasteiger partial charge < -0.3 is 9.84 Å². The second kappa shape index (κ2) is 6.74. The van der Waals surface area contributed by atoms with E-state index in [1.807, 2.05) is 0 Å². The van der Waals surface area contributed by atoms with Crippen molar-refractivity contribution in [2.24, 2.45) is 0 Å². The highest BCUT2D eigenvalue weighted by Gasteiger charge is 1.98. The third kappa shape index (κ3) is 3.78. The summed E-state index contributed by atoms with van der Waals surface area (Å²) in [5.74, 6) is 0.639. The Morgan fingerprint density at radius 3 is 2.33 bits per heavy atom. The molecule has 0 fully saturated rings. The van der Waals surface area contributed by atoms with Crippen molar-refractivity contribution in [3.8, 4) is 11.5 Å². The summed E-state index contributed by atoms with van der Waals surface area (Å²) in [5.41, 5.74) is 0. The molecule has 0 aliphatic carbocycles. The third-order valence-electron chi connectivity index (χ3n) is 1.14. The predicted octanol–water partition coefficient (Wildman–Crippen LogP) is 3.85. The minimum atomic E-state index is 0.158. The monoisotopic (exact) mass is 360 g/mol. The van der Waals surface area contributed by atoms with E-state index in [2.05, 4.69) is 44.2 Å². The van der Waals surface area contributed by atoms with Crippen molar-refractivity contribution in [1.29, 1.82) is 0 Å². The summed E-state index contributed by atoms with van der Waals surface area (Å²) in [7, 11) is 1.52. The number of hydrogen-bond donors (Lipinski definition) is 1. The molecule has 0 aromatic heterocycles. The van der Waals surface area contributed by atoms with Gasteiger partial charge in [-0.2, -0.15) is 0 Å². The molecule has 5 heteroatoms. The minimum Gasteiger partial charge on any atom is -0.504 e. The lowest BCUT2D eigenvalue weighted by molar-refractivity contribution is 0.373. The van der Waals surface area contributed by atoms with Crippen LogP contribution in [0.15, 0.2) is 22.7 Å². The molecule has 0 radical (unpaired) electrons. The molecule has 0 atom stereocenters. The number of ether oxygens (including phenoxy) is 1. The maximum absolute atomic E-state index is 9.09. The van der Waals surface area contributed by atoms with Crippen molar-refractivity contribution < 1.29 is 9.84 Å². The second-order valence-electron chi connectivity index (χ2n) is 1.82. The smallest absolute Gasteiger partial charge is 0.161 e. The van der Waals surface area contributed by atoms with Crippen molar-refractivity contribution in [3.05, 3.63) is 22.7 Å². The lowest BCUT2D eigenvalue weighted by Crippen LogP contribution is -1.82. The van der Waals surface area contributed by atoms with Crippen molar-refractivity contribution in [1.82, 2.24) is 0 Å². The average molecular weight is 363 g/mol. The molecule has 1 aromatic carbocycles. The number of phenols is 1. The van der Waals surface area contributed by atoms with Gasteiger partial charge in [-0.3, -0.25) is 0 Å².